The lowest BCUT2D eigenvalue weighted by atomic mass is 9.84. The van der Waals surface area contributed by atoms with Gasteiger partial charge in [-0.25, -0.2) is 4.39 Å². The molecule has 2 saturated carbocycles. The number of nitrogens with zero attached hydrogens (tertiary/aromatic N) is 2. The SMILES string of the molecule is NC1C2CCC(C2)C1C(=O)N1CCN(Cc2ccc(F)cc2Cl)CC1. The van der Waals surface area contributed by atoms with E-state index in [1.807, 2.05) is 4.90 Å². The predicted octanol–water partition coefficient (Wildman–Crippen LogP) is 2.50. The number of piperazine rings is 1. The van der Waals surface area contributed by atoms with Crippen LogP contribution in [-0.4, -0.2) is 47.9 Å². The van der Waals surface area contributed by atoms with Crippen molar-refractivity contribution in [2.45, 2.75) is 31.8 Å². The van der Waals surface area contributed by atoms with Gasteiger partial charge in [0.2, 0.25) is 5.91 Å². The fraction of sp³-hybridized carbons (Fsp3) is 0.632. The van der Waals surface area contributed by atoms with E-state index >= 15 is 0 Å². The maximum Gasteiger partial charge on any atom is 0.227 e. The Kier molecular flexibility index (Phi) is 4.73. The van der Waals surface area contributed by atoms with Crippen LogP contribution in [0.15, 0.2) is 18.2 Å². The predicted molar refractivity (Wildman–Crippen MR) is 95.6 cm³/mol. The van der Waals surface area contributed by atoms with E-state index in [4.69, 9.17) is 17.3 Å². The van der Waals surface area contributed by atoms with Crippen LogP contribution >= 0.6 is 11.6 Å². The van der Waals surface area contributed by atoms with Crippen LogP contribution in [0.5, 0.6) is 0 Å². The Morgan fingerprint density at radius 3 is 2.56 bits per heavy atom. The molecule has 4 nitrogen and oxygen atoms in total. The summed E-state index contributed by atoms with van der Waals surface area (Å²) in [6, 6.07) is 4.59. The largest absolute Gasteiger partial charge is 0.340 e. The van der Waals surface area contributed by atoms with Crippen molar-refractivity contribution in [1.29, 1.82) is 0 Å². The topological polar surface area (TPSA) is 49.6 Å². The average molecular weight is 366 g/mol. The first-order valence-corrected chi connectivity index (χ1v) is 9.61. The maximum absolute atomic E-state index is 13.2. The summed E-state index contributed by atoms with van der Waals surface area (Å²) in [5, 5.41) is 0.464. The summed E-state index contributed by atoms with van der Waals surface area (Å²) < 4.78 is 13.2. The van der Waals surface area contributed by atoms with Crippen LogP contribution in [0.1, 0.15) is 24.8 Å². The molecular formula is C19H25ClFN3O. The van der Waals surface area contributed by atoms with E-state index in [9.17, 15) is 9.18 Å². The van der Waals surface area contributed by atoms with Gasteiger partial charge in [-0.05, 0) is 48.8 Å². The molecule has 3 fully saturated rings. The second kappa shape index (κ2) is 6.86. The molecule has 2 bridgehead atoms. The number of halogens is 2. The van der Waals surface area contributed by atoms with Crippen LogP contribution in [0.4, 0.5) is 4.39 Å². The van der Waals surface area contributed by atoms with Gasteiger partial charge in [-0.1, -0.05) is 17.7 Å². The summed E-state index contributed by atoms with van der Waals surface area (Å²) in [4.78, 5) is 17.2. The van der Waals surface area contributed by atoms with Crippen LogP contribution < -0.4 is 5.73 Å². The van der Waals surface area contributed by atoms with Gasteiger partial charge < -0.3 is 10.6 Å². The lowest BCUT2D eigenvalue weighted by molar-refractivity contribution is -0.139. The highest BCUT2D eigenvalue weighted by atomic mass is 35.5. The van der Waals surface area contributed by atoms with E-state index in [0.717, 1.165) is 44.6 Å². The minimum atomic E-state index is -0.314. The molecule has 1 aliphatic heterocycles. The molecule has 2 aliphatic carbocycles. The zero-order valence-corrected chi connectivity index (χ0v) is 15.1. The number of amides is 1. The molecule has 0 spiro atoms. The Labute approximate surface area is 153 Å². The standard InChI is InChI=1S/C19H25ClFN3O/c20-16-10-15(21)4-3-14(16)11-23-5-7-24(8-6-23)19(25)17-12-1-2-13(9-12)18(17)22/h3-4,10,12-13,17-18H,1-2,5-9,11,22H2. The number of fused-ring (bicyclic) bond motifs is 2. The highest BCUT2D eigenvalue weighted by Gasteiger charge is 2.50. The summed E-state index contributed by atoms with van der Waals surface area (Å²) in [5.74, 6) is 1.05. The number of rotatable bonds is 3. The highest BCUT2D eigenvalue weighted by molar-refractivity contribution is 6.31. The van der Waals surface area contributed by atoms with Gasteiger partial charge in [0.05, 0.1) is 5.92 Å². The summed E-state index contributed by atoms with van der Waals surface area (Å²) in [6.45, 7) is 3.79. The van der Waals surface area contributed by atoms with Crippen LogP contribution in [0.3, 0.4) is 0 Å². The minimum absolute atomic E-state index is 0.0387. The first-order valence-electron chi connectivity index (χ1n) is 9.23. The van der Waals surface area contributed by atoms with E-state index in [-0.39, 0.29) is 23.7 Å². The highest BCUT2D eigenvalue weighted by Crippen LogP contribution is 2.48. The zero-order valence-electron chi connectivity index (χ0n) is 14.3. The van der Waals surface area contributed by atoms with Crippen molar-refractivity contribution in [3.8, 4) is 0 Å². The van der Waals surface area contributed by atoms with Crippen molar-refractivity contribution >= 4 is 17.5 Å². The fourth-order valence-corrected chi connectivity index (χ4v) is 5.16. The van der Waals surface area contributed by atoms with E-state index < -0.39 is 0 Å². The van der Waals surface area contributed by atoms with E-state index in [0.29, 0.717) is 23.4 Å². The molecular weight excluding hydrogens is 341 g/mol. The van der Waals surface area contributed by atoms with Crippen LogP contribution in [0.25, 0.3) is 0 Å². The Morgan fingerprint density at radius 2 is 1.92 bits per heavy atom. The molecule has 1 amide bonds. The lowest BCUT2D eigenvalue weighted by Crippen LogP contribution is -2.53. The minimum Gasteiger partial charge on any atom is -0.340 e. The van der Waals surface area contributed by atoms with Crippen molar-refractivity contribution in [2.75, 3.05) is 26.2 Å². The van der Waals surface area contributed by atoms with Gasteiger partial charge in [0.15, 0.2) is 0 Å². The second-order valence-corrected chi connectivity index (χ2v) is 8.18. The third-order valence-corrected chi connectivity index (χ3v) is 6.71. The normalized spacial score (nSPS) is 32.4. The zero-order chi connectivity index (χ0) is 17.6. The maximum atomic E-state index is 13.2. The summed E-state index contributed by atoms with van der Waals surface area (Å²) >= 11 is 6.12. The van der Waals surface area contributed by atoms with Crippen molar-refractivity contribution in [3.63, 3.8) is 0 Å². The molecule has 3 aliphatic rings. The Balaban J connectivity index is 1.33. The summed E-state index contributed by atoms with van der Waals surface area (Å²) in [7, 11) is 0. The molecule has 4 atom stereocenters. The van der Waals surface area contributed by atoms with Crippen LogP contribution in [0, 0.1) is 23.6 Å². The van der Waals surface area contributed by atoms with Gasteiger partial charge in [-0.3, -0.25) is 9.69 Å². The van der Waals surface area contributed by atoms with Gasteiger partial charge >= 0.3 is 0 Å². The number of nitrogens with two attached hydrogens (primary N) is 1. The van der Waals surface area contributed by atoms with E-state index in [2.05, 4.69) is 4.90 Å². The summed E-state index contributed by atoms with van der Waals surface area (Å²) in [5.41, 5.74) is 7.26. The molecule has 136 valence electrons. The Hall–Kier alpha value is -1.17. The molecule has 1 aromatic carbocycles. The van der Waals surface area contributed by atoms with Gasteiger partial charge in [-0.15, -0.1) is 0 Å². The summed E-state index contributed by atoms with van der Waals surface area (Å²) in [6.07, 6.45) is 3.50. The third-order valence-electron chi connectivity index (χ3n) is 6.36. The van der Waals surface area contributed by atoms with Gasteiger partial charge in [0.25, 0.3) is 0 Å². The quantitative estimate of drug-likeness (QED) is 0.895. The van der Waals surface area contributed by atoms with Gasteiger partial charge in [0, 0.05) is 43.8 Å². The molecule has 1 saturated heterocycles. The first kappa shape index (κ1) is 17.3. The van der Waals surface area contributed by atoms with Crippen molar-refractivity contribution in [3.05, 3.63) is 34.6 Å². The van der Waals surface area contributed by atoms with E-state index in [1.54, 1.807) is 6.07 Å². The smallest absolute Gasteiger partial charge is 0.227 e. The fourth-order valence-electron chi connectivity index (χ4n) is 4.93. The third kappa shape index (κ3) is 3.29. The molecule has 1 heterocycles. The molecule has 2 N–H and O–H groups in total. The number of hydrogen-bond donors (Lipinski definition) is 1. The first-order chi connectivity index (χ1) is 12.0. The lowest BCUT2D eigenvalue weighted by Gasteiger charge is -2.38. The molecule has 6 heteroatoms. The number of benzene rings is 1. The monoisotopic (exact) mass is 365 g/mol. The van der Waals surface area contributed by atoms with Crippen molar-refractivity contribution in [2.24, 2.45) is 23.5 Å². The van der Waals surface area contributed by atoms with E-state index in [1.165, 1.54) is 18.6 Å². The second-order valence-electron chi connectivity index (χ2n) is 7.77. The number of hydrogen-bond acceptors (Lipinski definition) is 3. The molecule has 0 aromatic heterocycles. The number of carbonyl (C=O) groups excluding carboxylic acids is 1. The molecule has 4 unspecified atom stereocenters. The molecule has 25 heavy (non-hydrogen) atoms. The Bertz CT molecular complexity index is 660. The number of carbonyl (C=O) groups is 1. The van der Waals surface area contributed by atoms with Gasteiger partial charge in [0.1, 0.15) is 5.82 Å². The average Bonchev–Trinajstić information content (AvgIpc) is 3.19. The molecule has 4 rings (SSSR count). The van der Waals surface area contributed by atoms with Crippen molar-refractivity contribution < 1.29 is 9.18 Å². The van der Waals surface area contributed by atoms with Gasteiger partial charge in [-0.2, -0.15) is 0 Å². The molecule has 0 radical (unpaired) electrons. The van der Waals surface area contributed by atoms with Crippen LogP contribution in [-0.2, 0) is 11.3 Å². The van der Waals surface area contributed by atoms with Crippen molar-refractivity contribution in [1.82, 2.24) is 9.80 Å². The molecule has 1 aromatic rings. The Morgan fingerprint density at radius 1 is 1.20 bits per heavy atom. The van der Waals surface area contributed by atoms with Crippen LogP contribution in [0.2, 0.25) is 5.02 Å².